The number of anilines is 1. The Labute approximate surface area is 107 Å². The molecule has 3 heterocycles. The van der Waals surface area contributed by atoms with Crippen LogP contribution in [-0.4, -0.2) is 47.1 Å². The van der Waals surface area contributed by atoms with E-state index < -0.39 is 5.95 Å². The molecule has 0 spiro atoms. The van der Waals surface area contributed by atoms with Gasteiger partial charge in [0.15, 0.2) is 0 Å². The van der Waals surface area contributed by atoms with E-state index in [1.807, 2.05) is 0 Å². The van der Waals surface area contributed by atoms with Gasteiger partial charge in [-0.25, -0.2) is 9.97 Å². The predicted molar refractivity (Wildman–Crippen MR) is 68.0 cm³/mol. The molecule has 2 saturated heterocycles. The van der Waals surface area contributed by atoms with E-state index in [9.17, 15) is 4.39 Å². The Morgan fingerprint density at radius 3 is 2.72 bits per heavy atom. The monoisotopic (exact) mass is 250 g/mol. The fourth-order valence-electron chi connectivity index (χ4n) is 3.03. The first-order valence-electron chi connectivity index (χ1n) is 6.79. The van der Waals surface area contributed by atoms with E-state index in [4.69, 9.17) is 0 Å². The Morgan fingerprint density at radius 2 is 1.94 bits per heavy atom. The quantitative estimate of drug-likeness (QED) is 0.748. The fourth-order valence-corrected chi connectivity index (χ4v) is 3.03. The zero-order chi connectivity index (χ0) is 12.4. The lowest BCUT2D eigenvalue weighted by atomic mass is 10.1. The fraction of sp³-hybridized carbons (Fsp3) is 0.692. The molecule has 1 aromatic rings. The second kappa shape index (κ2) is 5.18. The van der Waals surface area contributed by atoms with Gasteiger partial charge < -0.3 is 4.90 Å². The Balaban J connectivity index is 1.64. The Bertz CT molecular complexity index is 406. The van der Waals surface area contributed by atoms with Crippen molar-refractivity contribution in [2.45, 2.75) is 31.7 Å². The van der Waals surface area contributed by atoms with E-state index in [0.717, 1.165) is 25.3 Å². The van der Waals surface area contributed by atoms with Crippen molar-refractivity contribution in [2.24, 2.45) is 0 Å². The van der Waals surface area contributed by atoms with Gasteiger partial charge in [-0.15, -0.1) is 0 Å². The number of halogens is 1. The van der Waals surface area contributed by atoms with Crippen LogP contribution in [0.2, 0.25) is 0 Å². The molecule has 98 valence electrons. The van der Waals surface area contributed by atoms with Crippen LogP contribution in [-0.2, 0) is 0 Å². The highest BCUT2D eigenvalue weighted by atomic mass is 19.1. The number of hydrogen-bond donors (Lipinski definition) is 0. The molecule has 18 heavy (non-hydrogen) atoms. The summed E-state index contributed by atoms with van der Waals surface area (Å²) >= 11 is 0. The van der Waals surface area contributed by atoms with Crippen molar-refractivity contribution in [1.82, 2.24) is 14.9 Å². The van der Waals surface area contributed by atoms with Gasteiger partial charge in [-0.05, 0) is 32.4 Å². The summed E-state index contributed by atoms with van der Waals surface area (Å²) in [7, 11) is 0. The summed E-state index contributed by atoms with van der Waals surface area (Å²) in [6.07, 6.45) is 6.46. The molecule has 0 bridgehead atoms. The smallest absolute Gasteiger partial charge is 0.218 e. The van der Waals surface area contributed by atoms with Gasteiger partial charge in [0.25, 0.3) is 0 Å². The summed E-state index contributed by atoms with van der Waals surface area (Å²) in [5, 5.41) is 0. The lowest BCUT2D eigenvalue weighted by Gasteiger charge is -2.32. The predicted octanol–water partition coefficient (Wildman–Crippen LogP) is 1.68. The summed E-state index contributed by atoms with van der Waals surface area (Å²) in [4.78, 5) is 12.4. The number of nitrogens with zero attached hydrogens (tertiary/aromatic N) is 4. The standard InChI is InChI=1S/C13H19FN4/c14-12-8-13(16-10-15-12)18-7-4-11(9-18)17-5-2-1-3-6-17/h8,10-11H,1-7,9H2. The van der Waals surface area contributed by atoms with Gasteiger partial charge in [-0.3, -0.25) is 4.90 Å². The minimum Gasteiger partial charge on any atom is -0.355 e. The molecule has 1 unspecified atom stereocenters. The van der Waals surface area contributed by atoms with E-state index in [-0.39, 0.29) is 0 Å². The first kappa shape index (κ1) is 11.8. The van der Waals surface area contributed by atoms with Crippen LogP contribution in [0.3, 0.4) is 0 Å². The van der Waals surface area contributed by atoms with Crippen LogP contribution in [0.25, 0.3) is 0 Å². The average Bonchev–Trinajstić information content (AvgIpc) is 2.89. The summed E-state index contributed by atoms with van der Waals surface area (Å²) in [6.45, 7) is 4.38. The topological polar surface area (TPSA) is 32.3 Å². The van der Waals surface area contributed by atoms with Gasteiger partial charge in [0.1, 0.15) is 12.1 Å². The molecule has 1 aromatic heterocycles. The molecule has 2 aliphatic heterocycles. The van der Waals surface area contributed by atoms with E-state index in [1.54, 1.807) is 0 Å². The van der Waals surface area contributed by atoms with Crippen LogP contribution in [0.15, 0.2) is 12.4 Å². The van der Waals surface area contributed by atoms with Gasteiger partial charge in [0.2, 0.25) is 5.95 Å². The largest absolute Gasteiger partial charge is 0.355 e. The first-order chi connectivity index (χ1) is 8.83. The van der Waals surface area contributed by atoms with E-state index in [0.29, 0.717) is 6.04 Å². The summed E-state index contributed by atoms with van der Waals surface area (Å²) in [6, 6.07) is 2.04. The molecule has 0 aliphatic carbocycles. The van der Waals surface area contributed by atoms with Gasteiger partial charge in [0.05, 0.1) is 0 Å². The zero-order valence-corrected chi connectivity index (χ0v) is 10.6. The highest BCUT2D eigenvalue weighted by Crippen LogP contribution is 2.23. The molecule has 4 nitrogen and oxygen atoms in total. The van der Waals surface area contributed by atoms with Gasteiger partial charge in [0, 0.05) is 25.2 Å². The number of likely N-dealkylation sites (tertiary alicyclic amines) is 1. The molecule has 0 amide bonds. The molecule has 0 saturated carbocycles. The Morgan fingerprint density at radius 1 is 1.11 bits per heavy atom. The van der Waals surface area contributed by atoms with Crippen molar-refractivity contribution in [3.05, 3.63) is 18.3 Å². The third kappa shape index (κ3) is 2.46. The highest BCUT2D eigenvalue weighted by molar-refractivity contribution is 5.38. The molecule has 3 rings (SSSR count). The maximum Gasteiger partial charge on any atom is 0.218 e. The molecule has 5 heteroatoms. The van der Waals surface area contributed by atoms with Crippen LogP contribution in [0.5, 0.6) is 0 Å². The lowest BCUT2D eigenvalue weighted by Crippen LogP contribution is -2.40. The number of hydrogen-bond acceptors (Lipinski definition) is 4. The maximum absolute atomic E-state index is 13.1. The number of aromatic nitrogens is 2. The molecule has 0 aromatic carbocycles. The molecule has 0 radical (unpaired) electrons. The normalized spacial score (nSPS) is 25.6. The van der Waals surface area contributed by atoms with Crippen molar-refractivity contribution in [3.8, 4) is 0 Å². The van der Waals surface area contributed by atoms with Crippen molar-refractivity contribution >= 4 is 5.82 Å². The van der Waals surface area contributed by atoms with Crippen LogP contribution in [0.1, 0.15) is 25.7 Å². The molecular weight excluding hydrogens is 231 g/mol. The molecule has 1 atom stereocenters. The molecule has 2 aliphatic rings. The molecular formula is C13H19FN4. The van der Waals surface area contributed by atoms with E-state index in [1.165, 1.54) is 44.7 Å². The van der Waals surface area contributed by atoms with Crippen molar-refractivity contribution in [1.29, 1.82) is 0 Å². The third-order valence-corrected chi connectivity index (χ3v) is 4.01. The number of rotatable bonds is 2. The van der Waals surface area contributed by atoms with Crippen LogP contribution >= 0.6 is 0 Å². The Hall–Kier alpha value is -1.23. The Kier molecular flexibility index (Phi) is 3.41. The summed E-state index contributed by atoms with van der Waals surface area (Å²) in [5.41, 5.74) is 0. The van der Waals surface area contributed by atoms with Gasteiger partial charge in [-0.2, -0.15) is 4.39 Å². The van der Waals surface area contributed by atoms with Crippen LogP contribution < -0.4 is 4.90 Å². The second-order valence-electron chi connectivity index (χ2n) is 5.18. The van der Waals surface area contributed by atoms with Crippen LogP contribution in [0, 0.1) is 5.95 Å². The van der Waals surface area contributed by atoms with Gasteiger partial charge >= 0.3 is 0 Å². The van der Waals surface area contributed by atoms with Crippen molar-refractivity contribution in [2.75, 3.05) is 31.1 Å². The molecule has 0 N–H and O–H groups in total. The minimum absolute atomic E-state index is 0.443. The molecule has 2 fully saturated rings. The van der Waals surface area contributed by atoms with Gasteiger partial charge in [-0.1, -0.05) is 6.42 Å². The SMILES string of the molecule is Fc1cc(N2CCC(N3CCCCC3)C2)ncn1. The second-order valence-corrected chi connectivity index (χ2v) is 5.18. The minimum atomic E-state index is -0.443. The van der Waals surface area contributed by atoms with Crippen molar-refractivity contribution in [3.63, 3.8) is 0 Å². The summed E-state index contributed by atoms with van der Waals surface area (Å²) in [5.74, 6) is 0.281. The summed E-state index contributed by atoms with van der Waals surface area (Å²) < 4.78 is 13.1. The van der Waals surface area contributed by atoms with E-state index >= 15 is 0 Å². The van der Waals surface area contributed by atoms with Crippen molar-refractivity contribution < 1.29 is 4.39 Å². The maximum atomic E-state index is 13.1. The van der Waals surface area contributed by atoms with E-state index in [2.05, 4.69) is 19.8 Å². The highest BCUT2D eigenvalue weighted by Gasteiger charge is 2.29. The zero-order valence-electron chi connectivity index (χ0n) is 10.6. The lowest BCUT2D eigenvalue weighted by molar-refractivity contribution is 0.175. The number of piperidine rings is 1. The average molecular weight is 250 g/mol. The third-order valence-electron chi connectivity index (χ3n) is 4.01. The van der Waals surface area contributed by atoms with Crippen LogP contribution in [0.4, 0.5) is 10.2 Å². The first-order valence-corrected chi connectivity index (χ1v) is 6.79.